The second kappa shape index (κ2) is 6.21. The Balaban J connectivity index is 2.80. The van der Waals surface area contributed by atoms with Gasteiger partial charge in [-0.15, -0.1) is 0 Å². The van der Waals surface area contributed by atoms with Crippen LogP contribution in [0.4, 0.5) is 0 Å². The molecule has 0 aromatic rings. The van der Waals surface area contributed by atoms with Crippen molar-refractivity contribution in [3.63, 3.8) is 0 Å². The Bertz CT molecular complexity index is 370. The summed E-state index contributed by atoms with van der Waals surface area (Å²) in [6.07, 6.45) is 9.69. The zero-order chi connectivity index (χ0) is 12.0. The Morgan fingerprint density at radius 2 is 1.75 bits per heavy atom. The highest BCUT2D eigenvalue weighted by Gasteiger charge is 2.03. The largest absolute Gasteiger partial charge is 0.295 e. The Kier molecular flexibility index (Phi) is 4.90. The van der Waals surface area contributed by atoms with E-state index in [0.717, 1.165) is 24.0 Å². The molecule has 0 N–H and O–H groups in total. The van der Waals surface area contributed by atoms with Crippen LogP contribution in [0.2, 0.25) is 0 Å². The maximum atomic E-state index is 11.6. The van der Waals surface area contributed by atoms with Crippen molar-refractivity contribution in [3.05, 3.63) is 35.5 Å². The number of ketones is 2. The van der Waals surface area contributed by atoms with E-state index in [1.807, 2.05) is 19.9 Å². The number of hydrogen-bond donors (Lipinski definition) is 0. The van der Waals surface area contributed by atoms with Crippen LogP contribution < -0.4 is 0 Å². The van der Waals surface area contributed by atoms with Gasteiger partial charge in [-0.2, -0.15) is 0 Å². The van der Waals surface area contributed by atoms with Crippen molar-refractivity contribution in [2.75, 3.05) is 0 Å². The summed E-state index contributed by atoms with van der Waals surface area (Å²) >= 11 is 0. The molecule has 0 aliphatic heterocycles. The van der Waals surface area contributed by atoms with Crippen LogP contribution in [0.3, 0.4) is 0 Å². The molecule has 0 aromatic heterocycles. The maximum Gasteiger partial charge on any atom is 0.162 e. The molecule has 1 aliphatic carbocycles. The highest BCUT2D eigenvalue weighted by atomic mass is 16.1. The lowest BCUT2D eigenvalue weighted by Crippen LogP contribution is -1.99. The molecule has 0 aromatic carbocycles. The Morgan fingerprint density at radius 1 is 1.06 bits per heavy atom. The van der Waals surface area contributed by atoms with Crippen molar-refractivity contribution in [1.82, 2.24) is 0 Å². The average Bonchev–Trinajstić information content (AvgIpc) is 2.22. The zero-order valence-corrected chi connectivity index (χ0v) is 9.95. The number of carbonyl (C=O) groups is 2. The second-order valence-electron chi connectivity index (χ2n) is 4.19. The molecule has 2 nitrogen and oxygen atoms in total. The number of Topliss-reactive ketones (excluding diaryl/α,β-unsaturated/α-hetero) is 1. The quantitative estimate of drug-likeness (QED) is 0.585. The van der Waals surface area contributed by atoms with E-state index in [4.69, 9.17) is 0 Å². The molecule has 0 bridgehead atoms. The predicted molar refractivity (Wildman–Crippen MR) is 65.1 cm³/mol. The fraction of sp³-hybridized carbons (Fsp3) is 0.429. The maximum absolute atomic E-state index is 11.6. The molecule has 0 atom stereocenters. The first kappa shape index (κ1) is 12.6. The van der Waals surface area contributed by atoms with Crippen molar-refractivity contribution in [1.29, 1.82) is 0 Å². The van der Waals surface area contributed by atoms with Crippen LogP contribution >= 0.6 is 0 Å². The van der Waals surface area contributed by atoms with Gasteiger partial charge in [-0.05, 0) is 38.3 Å². The van der Waals surface area contributed by atoms with Gasteiger partial charge in [-0.3, -0.25) is 9.59 Å². The molecule has 86 valence electrons. The second-order valence-corrected chi connectivity index (χ2v) is 4.19. The summed E-state index contributed by atoms with van der Waals surface area (Å²) in [6.45, 7) is 3.81. The summed E-state index contributed by atoms with van der Waals surface area (Å²) in [5.41, 5.74) is 1.90. The zero-order valence-electron chi connectivity index (χ0n) is 9.95. The smallest absolute Gasteiger partial charge is 0.162 e. The third-order valence-electron chi connectivity index (χ3n) is 2.63. The average molecular weight is 218 g/mol. The molecule has 0 saturated carbocycles. The van der Waals surface area contributed by atoms with Gasteiger partial charge in [0, 0.05) is 12.8 Å². The van der Waals surface area contributed by atoms with Crippen molar-refractivity contribution in [2.45, 2.75) is 39.5 Å². The summed E-state index contributed by atoms with van der Waals surface area (Å²) in [5, 5.41) is 0. The van der Waals surface area contributed by atoms with Crippen LogP contribution in [-0.4, -0.2) is 11.6 Å². The summed E-state index contributed by atoms with van der Waals surface area (Å²) < 4.78 is 0. The van der Waals surface area contributed by atoms with E-state index >= 15 is 0 Å². The molecule has 0 unspecified atom stereocenters. The molecular formula is C14H18O2. The monoisotopic (exact) mass is 218 g/mol. The van der Waals surface area contributed by atoms with Gasteiger partial charge >= 0.3 is 0 Å². The van der Waals surface area contributed by atoms with Crippen LogP contribution in [0.15, 0.2) is 35.5 Å². The van der Waals surface area contributed by atoms with Gasteiger partial charge in [0.2, 0.25) is 0 Å². The molecule has 0 radical (unpaired) electrons. The third kappa shape index (κ3) is 4.39. The molecular weight excluding hydrogens is 200 g/mol. The van der Waals surface area contributed by atoms with Crippen LogP contribution in [0.5, 0.6) is 0 Å². The summed E-state index contributed by atoms with van der Waals surface area (Å²) in [7, 11) is 0. The lowest BCUT2D eigenvalue weighted by Gasteiger charge is -2.01. The minimum atomic E-state index is 0.113. The van der Waals surface area contributed by atoms with Crippen LogP contribution in [-0.2, 0) is 9.59 Å². The highest BCUT2D eigenvalue weighted by molar-refractivity contribution is 5.96. The van der Waals surface area contributed by atoms with E-state index in [0.29, 0.717) is 12.8 Å². The highest BCUT2D eigenvalue weighted by Crippen LogP contribution is 2.10. The van der Waals surface area contributed by atoms with Gasteiger partial charge in [0.1, 0.15) is 0 Å². The standard InChI is InChI=1S/C14H18O2/c1-11-6-5-7-12(2)14(16)9-4-3-8-13(15)10-11/h3-4,7,10H,5-6,8-9H2,1-2H3. The van der Waals surface area contributed by atoms with E-state index in [2.05, 4.69) is 0 Å². The lowest BCUT2D eigenvalue weighted by molar-refractivity contribution is -0.115. The van der Waals surface area contributed by atoms with E-state index < -0.39 is 0 Å². The number of hydrogen-bond acceptors (Lipinski definition) is 2. The van der Waals surface area contributed by atoms with Gasteiger partial charge in [0.25, 0.3) is 0 Å². The fourth-order valence-electron chi connectivity index (χ4n) is 1.59. The van der Waals surface area contributed by atoms with Gasteiger partial charge in [0.15, 0.2) is 11.6 Å². The Hall–Kier alpha value is -1.44. The first-order valence-corrected chi connectivity index (χ1v) is 5.64. The lowest BCUT2D eigenvalue weighted by atomic mass is 10.0. The number of carbonyl (C=O) groups excluding carboxylic acids is 2. The molecule has 0 saturated heterocycles. The molecule has 0 spiro atoms. The molecule has 1 rings (SSSR count). The fourth-order valence-corrected chi connectivity index (χ4v) is 1.59. The van der Waals surface area contributed by atoms with E-state index in [1.165, 1.54) is 0 Å². The molecule has 2 heteroatoms. The molecule has 0 heterocycles. The Labute approximate surface area is 96.7 Å². The van der Waals surface area contributed by atoms with Gasteiger partial charge < -0.3 is 0 Å². The normalized spacial score (nSPS) is 19.6. The third-order valence-corrected chi connectivity index (χ3v) is 2.63. The molecule has 16 heavy (non-hydrogen) atoms. The minimum Gasteiger partial charge on any atom is -0.295 e. The summed E-state index contributed by atoms with van der Waals surface area (Å²) in [5.74, 6) is 0.258. The number of rotatable bonds is 0. The molecule has 0 amide bonds. The van der Waals surface area contributed by atoms with E-state index in [-0.39, 0.29) is 11.6 Å². The van der Waals surface area contributed by atoms with Crippen LogP contribution in [0.1, 0.15) is 39.5 Å². The molecule has 0 fully saturated rings. The minimum absolute atomic E-state index is 0.113. The first-order chi connectivity index (χ1) is 7.59. The summed E-state index contributed by atoms with van der Waals surface area (Å²) in [6, 6.07) is 0. The van der Waals surface area contributed by atoms with Gasteiger partial charge in [-0.1, -0.05) is 23.8 Å². The van der Waals surface area contributed by atoms with Crippen LogP contribution in [0.25, 0.3) is 0 Å². The SMILES string of the molecule is CC1=CC(=O)CC=CCC(=O)C(C)=CCC1. The van der Waals surface area contributed by atoms with Crippen molar-refractivity contribution >= 4 is 11.6 Å². The summed E-state index contributed by atoms with van der Waals surface area (Å²) in [4.78, 5) is 23.0. The topological polar surface area (TPSA) is 34.1 Å². The first-order valence-electron chi connectivity index (χ1n) is 5.64. The van der Waals surface area contributed by atoms with Crippen LogP contribution in [0, 0.1) is 0 Å². The van der Waals surface area contributed by atoms with E-state index in [9.17, 15) is 9.59 Å². The number of allylic oxidation sites excluding steroid dienone is 6. The predicted octanol–water partition coefficient (Wildman–Crippen LogP) is 3.15. The molecule has 1 aliphatic rings. The van der Waals surface area contributed by atoms with E-state index in [1.54, 1.807) is 18.2 Å². The van der Waals surface area contributed by atoms with Gasteiger partial charge in [0.05, 0.1) is 0 Å². The van der Waals surface area contributed by atoms with Crippen molar-refractivity contribution in [3.8, 4) is 0 Å². The van der Waals surface area contributed by atoms with Crippen molar-refractivity contribution < 1.29 is 9.59 Å². The van der Waals surface area contributed by atoms with Gasteiger partial charge in [-0.25, -0.2) is 0 Å². The Morgan fingerprint density at radius 3 is 2.50 bits per heavy atom. The van der Waals surface area contributed by atoms with Crippen molar-refractivity contribution in [2.24, 2.45) is 0 Å².